The highest BCUT2D eigenvalue weighted by Gasteiger charge is 2.44. The zero-order valence-electron chi connectivity index (χ0n) is 8.12. The fraction of sp³-hybridized carbons (Fsp3) is 0.500. The first-order chi connectivity index (χ1) is 7.33. The summed E-state index contributed by atoms with van der Waals surface area (Å²) in [4.78, 5) is 4.26. The molecule has 0 amide bonds. The fourth-order valence-corrected chi connectivity index (χ4v) is 2.48. The monoisotopic (exact) mass is 318 g/mol. The van der Waals surface area contributed by atoms with Gasteiger partial charge in [0.25, 0.3) is 0 Å². The Kier molecular flexibility index (Phi) is 2.24. The number of pyridine rings is 1. The third-order valence-corrected chi connectivity index (χ3v) is 3.60. The predicted octanol–water partition coefficient (Wildman–Crippen LogP) is 1.59. The summed E-state index contributed by atoms with van der Waals surface area (Å²) in [6.45, 7) is 2.14. The Labute approximate surface area is 102 Å². The summed E-state index contributed by atoms with van der Waals surface area (Å²) in [5.74, 6) is 0.721. The number of alkyl halides is 1. The van der Waals surface area contributed by atoms with E-state index in [1.165, 1.54) is 5.56 Å². The molecule has 3 heterocycles. The number of aromatic nitrogens is 1. The lowest BCUT2D eigenvalue weighted by Gasteiger charge is -2.44. The van der Waals surface area contributed by atoms with E-state index >= 15 is 0 Å². The van der Waals surface area contributed by atoms with Crippen LogP contribution >= 0.6 is 22.6 Å². The molecule has 4 nitrogen and oxygen atoms in total. The Bertz CT molecular complexity index is 393. The molecule has 0 aliphatic carbocycles. The van der Waals surface area contributed by atoms with E-state index in [2.05, 4.69) is 32.9 Å². The van der Waals surface area contributed by atoms with E-state index in [0.29, 0.717) is 13.2 Å². The Hall–Kier alpha value is -0.560. The highest BCUT2D eigenvalue weighted by Crippen LogP contribution is 2.37. The molecule has 2 aliphatic heterocycles. The average molecular weight is 318 g/mol. The van der Waals surface area contributed by atoms with E-state index in [1.807, 2.05) is 6.07 Å². The van der Waals surface area contributed by atoms with Gasteiger partial charge in [0.15, 0.2) is 5.60 Å². The quantitative estimate of drug-likeness (QED) is 0.631. The first-order valence-corrected chi connectivity index (χ1v) is 6.40. The molecule has 3 rings (SSSR count). The van der Waals surface area contributed by atoms with Gasteiger partial charge in [-0.15, -0.1) is 0 Å². The molecule has 15 heavy (non-hydrogen) atoms. The minimum absolute atomic E-state index is 0.163. The van der Waals surface area contributed by atoms with Crippen LogP contribution in [0.25, 0.3) is 0 Å². The summed E-state index contributed by atoms with van der Waals surface area (Å²) >= 11 is 2.34. The Morgan fingerprint density at radius 2 is 2.40 bits per heavy atom. The van der Waals surface area contributed by atoms with Crippen molar-refractivity contribution < 1.29 is 9.47 Å². The van der Waals surface area contributed by atoms with Crippen molar-refractivity contribution in [3.63, 3.8) is 0 Å². The molecule has 0 aromatic carbocycles. The zero-order chi connectivity index (χ0) is 10.3. The number of halogens is 1. The van der Waals surface area contributed by atoms with Gasteiger partial charge >= 0.3 is 0 Å². The van der Waals surface area contributed by atoms with Gasteiger partial charge in [-0.25, -0.2) is 4.98 Å². The highest BCUT2D eigenvalue weighted by molar-refractivity contribution is 14.1. The van der Waals surface area contributed by atoms with Gasteiger partial charge in [-0.2, -0.15) is 0 Å². The molecule has 80 valence electrons. The van der Waals surface area contributed by atoms with E-state index < -0.39 is 0 Å². The van der Waals surface area contributed by atoms with Gasteiger partial charge in [0.1, 0.15) is 5.69 Å². The van der Waals surface area contributed by atoms with Crippen LogP contribution in [0.1, 0.15) is 5.56 Å². The highest BCUT2D eigenvalue weighted by atomic mass is 127. The third kappa shape index (κ3) is 1.48. The molecular weight excluding hydrogens is 307 g/mol. The summed E-state index contributed by atoms with van der Waals surface area (Å²) < 4.78 is 12.0. The molecule has 1 saturated heterocycles. The maximum absolute atomic E-state index is 5.90. The smallest absolute Gasteiger partial charge is 0.238 e. The second-order valence-corrected chi connectivity index (χ2v) is 4.68. The van der Waals surface area contributed by atoms with Gasteiger partial charge in [0, 0.05) is 10.6 Å². The van der Waals surface area contributed by atoms with E-state index in [1.54, 1.807) is 6.20 Å². The van der Waals surface area contributed by atoms with Crippen molar-refractivity contribution in [1.29, 1.82) is 0 Å². The first-order valence-electron chi connectivity index (χ1n) is 4.87. The molecule has 0 bridgehead atoms. The number of nitrogens with zero attached hydrogens (tertiary/aromatic N) is 1. The van der Waals surface area contributed by atoms with E-state index in [9.17, 15) is 0 Å². The minimum Gasteiger partial charge on any atom is -0.463 e. The molecular formula is C10H11IN2O2. The lowest BCUT2D eigenvalue weighted by molar-refractivity contribution is -0.157. The van der Waals surface area contributed by atoms with Crippen LogP contribution in [-0.2, 0) is 9.16 Å². The number of anilines is 1. The molecule has 1 aromatic rings. The average Bonchev–Trinajstić information content (AvgIpc) is 2.25. The van der Waals surface area contributed by atoms with Crippen LogP contribution in [0.2, 0.25) is 0 Å². The molecule has 0 atom stereocenters. The topological polar surface area (TPSA) is 43.4 Å². The zero-order valence-corrected chi connectivity index (χ0v) is 10.3. The van der Waals surface area contributed by atoms with Crippen LogP contribution in [-0.4, -0.2) is 30.3 Å². The molecule has 1 spiro atoms. The second kappa shape index (κ2) is 3.48. The number of fused-ring (bicyclic) bond motifs is 1. The summed E-state index contributed by atoms with van der Waals surface area (Å²) in [6.07, 6.45) is 1.80. The second-order valence-electron chi connectivity index (χ2n) is 3.92. The van der Waals surface area contributed by atoms with Crippen LogP contribution < -0.4 is 10.1 Å². The maximum Gasteiger partial charge on any atom is 0.238 e. The van der Waals surface area contributed by atoms with Gasteiger partial charge in [0.2, 0.25) is 5.88 Å². The van der Waals surface area contributed by atoms with E-state index in [4.69, 9.17) is 9.47 Å². The van der Waals surface area contributed by atoms with Gasteiger partial charge < -0.3 is 14.8 Å². The number of hydrogen-bond donors (Lipinski definition) is 1. The normalized spacial score (nSPS) is 21.1. The molecule has 5 heteroatoms. The summed E-state index contributed by atoms with van der Waals surface area (Å²) in [5, 5.41) is 3.40. The lowest BCUT2D eigenvalue weighted by Crippen LogP contribution is -2.60. The van der Waals surface area contributed by atoms with Gasteiger partial charge in [-0.05, 0) is 11.6 Å². The molecule has 1 N–H and O–H groups in total. The molecule has 1 aromatic heterocycles. The van der Waals surface area contributed by atoms with Crippen LogP contribution in [0.5, 0.6) is 5.88 Å². The lowest BCUT2D eigenvalue weighted by atomic mass is 10.00. The van der Waals surface area contributed by atoms with Gasteiger partial charge in [0.05, 0.1) is 19.8 Å². The van der Waals surface area contributed by atoms with Crippen LogP contribution in [0, 0.1) is 0 Å². The van der Waals surface area contributed by atoms with Crippen LogP contribution in [0.3, 0.4) is 0 Å². The first kappa shape index (κ1) is 9.65. The Balaban J connectivity index is 1.96. The number of hydrogen-bond acceptors (Lipinski definition) is 4. The van der Waals surface area contributed by atoms with Crippen molar-refractivity contribution in [3.05, 3.63) is 17.8 Å². The van der Waals surface area contributed by atoms with Crippen LogP contribution in [0.15, 0.2) is 12.3 Å². The van der Waals surface area contributed by atoms with Crippen molar-refractivity contribution in [2.45, 2.75) is 10.0 Å². The maximum atomic E-state index is 5.90. The standard InChI is InChI=1S/C10H11IN2O2/c11-3-7-1-2-12-9-8(7)13-4-10(15-9)5-14-6-10/h1-2,13H,3-6H2. The van der Waals surface area contributed by atoms with E-state index in [-0.39, 0.29) is 5.60 Å². The largest absolute Gasteiger partial charge is 0.463 e. The number of ether oxygens (including phenoxy) is 2. The molecule has 0 unspecified atom stereocenters. The SMILES string of the molecule is ICc1ccnc2c1NCC1(COC1)O2. The summed E-state index contributed by atoms with van der Waals surface area (Å²) in [5.41, 5.74) is 2.13. The Morgan fingerprint density at radius 3 is 3.07 bits per heavy atom. The van der Waals surface area contributed by atoms with E-state index in [0.717, 1.165) is 22.5 Å². The predicted molar refractivity (Wildman–Crippen MR) is 64.6 cm³/mol. The third-order valence-electron chi connectivity index (χ3n) is 2.78. The molecule has 0 saturated carbocycles. The van der Waals surface area contributed by atoms with Crippen molar-refractivity contribution in [2.24, 2.45) is 0 Å². The molecule has 1 fully saturated rings. The molecule has 0 radical (unpaired) electrons. The summed E-state index contributed by atoms with van der Waals surface area (Å²) in [7, 11) is 0. The van der Waals surface area contributed by atoms with Crippen LogP contribution in [0.4, 0.5) is 5.69 Å². The minimum atomic E-state index is -0.163. The van der Waals surface area contributed by atoms with Crippen molar-refractivity contribution in [1.82, 2.24) is 4.98 Å². The van der Waals surface area contributed by atoms with Crippen molar-refractivity contribution in [3.8, 4) is 5.88 Å². The van der Waals surface area contributed by atoms with Crippen molar-refractivity contribution in [2.75, 3.05) is 25.1 Å². The Morgan fingerprint density at radius 1 is 1.53 bits per heavy atom. The van der Waals surface area contributed by atoms with Gasteiger partial charge in [-0.1, -0.05) is 22.6 Å². The number of rotatable bonds is 1. The van der Waals surface area contributed by atoms with Crippen molar-refractivity contribution >= 4 is 28.3 Å². The van der Waals surface area contributed by atoms with Gasteiger partial charge in [-0.3, -0.25) is 0 Å². The fourth-order valence-electron chi connectivity index (χ4n) is 1.84. The summed E-state index contributed by atoms with van der Waals surface area (Å²) in [6, 6.07) is 2.02. The number of nitrogens with one attached hydrogen (secondary N) is 1. The molecule has 2 aliphatic rings.